The van der Waals surface area contributed by atoms with E-state index in [1.54, 1.807) is 12.3 Å². The minimum atomic E-state index is -4.72. The lowest BCUT2D eigenvalue weighted by Gasteiger charge is -2.29. The van der Waals surface area contributed by atoms with Crippen LogP contribution in [0.15, 0.2) is 66.9 Å². The van der Waals surface area contributed by atoms with E-state index in [1.807, 2.05) is 24.3 Å². The summed E-state index contributed by atoms with van der Waals surface area (Å²) in [6.07, 6.45) is -2.18. The highest BCUT2D eigenvalue weighted by Gasteiger charge is 2.31. The van der Waals surface area contributed by atoms with E-state index in [0.29, 0.717) is 11.5 Å². The van der Waals surface area contributed by atoms with Crippen LogP contribution < -0.4 is 10.1 Å². The Balaban J connectivity index is 1.49. The number of halogens is 3. The zero-order valence-corrected chi connectivity index (χ0v) is 15.6. The minimum Gasteiger partial charge on any atom is -0.406 e. The fraction of sp³-hybridized carbons (Fsp3) is 0.227. The van der Waals surface area contributed by atoms with Gasteiger partial charge in [0.15, 0.2) is 0 Å². The average Bonchev–Trinajstić information content (AvgIpc) is 2.68. The molecule has 0 bridgehead atoms. The lowest BCUT2D eigenvalue weighted by Crippen LogP contribution is -2.30. The summed E-state index contributed by atoms with van der Waals surface area (Å²) in [5.74, 6) is 0.410. The van der Waals surface area contributed by atoms with Crippen molar-refractivity contribution in [3.63, 3.8) is 0 Å². The first-order valence-corrected chi connectivity index (χ1v) is 9.32. The number of hydrogen-bond donors (Lipinski definition) is 1. The molecule has 1 aliphatic heterocycles. The quantitative estimate of drug-likeness (QED) is 0.633. The fourth-order valence-electron chi connectivity index (χ4n) is 3.54. The third-order valence-electron chi connectivity index (χ3n) is 4.80. The van der Waals surface area contributed by atoms with E-state index in [2.05, 4.69) is 32.1 Å². The summed E-state index contributed by atoms with van der Waals surface area (Å²) in [5, 5.41) is 3.15. The van der Waals surface area contributed by atoms with Gasteiger partial charge in [-0.25, -0.2) is 4.98 Å². The van der Waals surface area contributed by atoms with E-state index >= 15 is 0 Å². The SMILES string of the molecule is FC(F)(F)Oc1cccc(Nc2nccc3c2CCN(Cc2ccccc2)C3)c1. The molecule has 0 aliphatic carbocycles. The highest BCUT2D eigenvalue weighted by atomic mass is 19.4. The van der Waals surface area contributed by atoms with Gasteiger partial charge in [0.2, 0.25) is 0 Å². The first-order chi connectivity index (χ1) is 14.0. The third kappa shape index (κ3) is 5.06. The van der Waals surface area contributed by atoms with Crippen LogP contribution in [0, 0.1) is 0 Å². The molecule has 0 fully saturated rings. The van der Waals surface area contributed by atoms with Crippen LogP contribution in [-0.4, -0.2) is 22.8 Å². The van der Waals surface area contributed by atoms with Gasteiger partial charge in [0.25, 0.3) is 0 Å². The zero-order valence-electron chi connectivity index (χ0n) is 15.6. The van der Waals surface area contributed by atoms with Crippen LogP contribution in [0.4, 0.5) is 24.7 Å². The molecule has 3 aromatic rings. The molecule has 0 radical (unpaired) electrons. The molecule has 0 unspecified atom stereocenters. The molecule has 150 valence electrons. The summed E-state index contributed by atoms with van der Waals surface area (Å²) in [5.41, 5.74) is 4.04. The topological polar surface area (TPSA) is 37.4 Å². The van der Waals surface area contributed by atoms with Gasteiger partial charge in [-0.15, -0.1) is 13.2 Å². The number of fused-ring (bicyclic) bond motifs is 1. The van der Waals surface area contributed by atoms with E-state index < -0.39 is 6.36 Å². The number of nitrogens with one attached hydrogen (secondary N) is 1. The molecular weight excluding hydrogens is 379 g/mol. The van der Waals surface area contributed by atoms with Gasteiger partial charge in [0.1, 0.15) is 11.6 Å². The second-order valence-electron chi connectivity index (χ2n) is 6.94. The van der Waals surface area contributed by atoms with Crippen LogP contribution in [0.5, 0.6) is 5.75 Å². The molecule has 0 atom stereocenters. The van der Waals surface area contributed by atoms with Crippen LogP contribution >= 0.6 is 0 Å². The summed E-state index contributed by atoms with van der Waals surface area (Å²) in [6.45, 7) is 2.57. The number of anilines is 2. The van der Waals surface area contributed by atoms with Crippen molar-refractivity contribution in [3.8, 4) is 5.75 Å². The number of rotatable bonds is 5. The average molecular weight is 399 g/mol. The number of aromatic nitrogens is 1. The molecule has 2 aromatic carbocycles. The van der Waals surface area contributed by atoms with Crippen LogP contribution in [0.25, 0.3) is 0 Å². The summed E-state index contributed by atoms with van der Waals surface area (Å²) < 4.78 is 41.4. The Hall–Kier alpha value is -3.06. The number of alkyl halides is 3. The molecule has 2 heterocycles. The number of nitrogens with zero attached hydrogens (tertiary/aromatic N) is 2. The van der Waals surface area contributed by atoms with Crippen molar-refractivity contribution < 1.29 is 17.9 Å². The fourth-order valence-corrected chi connectivity index (χ4v) is 3.54. The maximum Gasteiger partial charge on any atom is 0.573 e. The van der Waals surface area contributed by atoms with E-state index in [9.17, 15) is 13.2 Å². The number of benzene rings is 2. The van der Waals surface area contributed by atoms with Crippen LogP contribution in [0.1, 0.15) is 16.7 Å². The van der Waals surface area contributed by atoms with Gasteiger partial charge < -0.3 is 10.1 Å². The number of pyridine rings is 1. The molecule has 0 spiro atoms. The lowest BCUT2D eigenvalue weighted by atomic mass is 10.00. The van der Waals surface area contributed by atoms with Crippen LogP contribution in [0.2, 0.25) is 0 Å². The van der Waals surface area contributed by atoms with Crippen molar-refractivity contribution >= 4 is 11.5 Å². The molecule has 29 heavy (non-hydrogen) atoms. The molecule has 0 amide bonds. The Bertz CT molecular complexity index is 977. The predicted octanol–water partition coefficient (Wildman–Crippen LogP) is 5.28. The molecule has 7 heteroatoms. The van der Waals surface area contributed by atoms with Crippen molar-refractivity contribution in [2.75, 3.05) is 11.9 Å². The van der Waals surface area contributed by atoms with Crippen molar-refractivity contribution in [2.45, 2.75) is 25.9 Å². The molecular formula is C22H20F3N3O. The van der Waals surface area contributed by atoms with E-state index in [4.69, 9.17) is 0 Å². The second-order valence-corrected chi connectivity index (χ2v) is 6.94. The van der Waals surface area contributed by atoms with Gasteiger partial charge in [-0.1, -0.05) is 36.4 Å². The maximum atomic E-state index is 12.5. The smallest absolute Gasteiger partial charge is 0.406 e. The largest absolute Gasteiger partial charge is 0.573 e. The lowest BCUT2D eigenvalue weighted by molar-refractivity contribution is -0.274. The molecule has 0 saturated carbocycles. The van der Waals surface area contributed by atoms with Crippen molar-refractivity contribution in [3.05, 3.63) is 83.6 Å². The normalized spacial score (nSPS) is 14.3. The molecule has 1 aromatic heterocycles. The number of ether oxygens (including phenoxy) is 1. The standard InChI is InChI=1S/C22H20F3N3O/c23-22(24,25)29-19-8-4-7-18(13-19)27-21-20-10-12-28(15-17(20)9-11-26-21)14-16-5-2-1-3-6-16/h1-9,11,13H,10,12,14-15H2,(H,26,27). The summed E-state index contributed by atoms with van der Waals surface area (Å²) in [6, 6.07) is 18.1. The van der Waals surface area contributed by atoms with Gasteiger partial charge in [0, 0.05) is 43.1 Å². The highest BCUT2D eigenvalue weighted by Crippen LogP contribution is 2.30. The van der Waals surface area contributed by atoms with Gasteiger partial charge in [-0.05, 0) is 35.7 Å². The van der Waals surface area contributed by atoms with Crippen LogP contribution in [0.3, 0.4) is 0 Å². The van der Waals surface area contributed by atoms with Gasteiger partial charge in [-0.2, -0.15) is 0 Å². The third-order valence-corrected chi connectivity index (χ3v) is 4.80. The molecule has 4 rings (SSSR count). The van der Waals surface area contributed by atoms with E-state index in [1.165, 1.54) is 29.3 Å². The zero-order chi connectivity index (χ0) is 20.3. The van der Waals surface area contributed by atoms with E-state index in [0.717, 1.165) is 31.6 Å². The first kappa shape index (κ1) is 19.3. The Morgan fingerprint density at radius 1 is 1.03 bits per heavy atom. The highest BCUT2D eigenvalue weighted by molar-refractivity contribution is 5.62. The summed E-state index contributed by atoms with van der Waals surface area (Å²) >= 11 is 0. The van der Waals surface area contributed by atoms with Crippen molar-refractivity contribution in [1.82, 2.24) is 9.88 Å². The van der Waals surface area contributed by atoms with Crippen LogP contribution in [-0.2, 0) is 19.5 Å². The Kier molecular flexibility index (Phi) is 5.40. The Labute approximate surface area is 167 Å². The maximum absolute atomic E-state index is 12.5. The first-order valence-electron chi connectivity index (χ1n) is 9.32. The van der Waals surface area contributed by atoms with Gasteiger partial charge in [-0.3, -0.25) is 4.90 Å². The van der Waals surface area contributed by atoms with Crippen molar-refractivity contribution in [2.24, 2.45) is 0 Å². The summed E-state index contributed by atoms with van der Waals surface area (Å²) in [4.78, 5) is 6.78. The molecule has 4 nitrogen and oxygen atoms in total. The van der Waals surface area contributed by atoms with E-state index in [-0.39, 0.29) is 5.75 Å². The molecule has 1 aliphatic rings. The molecule has 0 saturated heterocycles. The second kappa shape index (κ2) is 8.13. The monoisotopic (exact) mass is 399 g/mol. The minimum absolute atomic E-state index is 0.263. The number of hydrogen-bond acceptors (Lipinski definition) is 4. The Morgan fingerprint density at radius 3 is 2.66 bits per heavy atom. The summed E-state index contributed by atoms with van der Waals surface area (Å²) in [7, 11) is 0. The Morgan fingerprint density at radius 2 is 1.86 bits per heavy atom. The van der Waals surface area contributed by atoms with Gasteiger partial charge >= 0.3 is 6.36 Å². The predicted molar refractivity (Wildman–Crippen MR) is 105 cm³/mol. The molecule has 1 N–H and O–H groups in total. The van der Waals surface area contributed by atoms with Gasteiger partial charge in [0.05, 0.1) is 0 Å². The van der Waals surface area contributed by atoms with Crippen molar-refractivity contribution in [1.29, 1.82) is 0 Å².